The summed E-state index contributed by atoms with van der Waals surface area (Å²) >= 11 is 1.57. The fraction of sp³-hybridized carbons (Fsp3) is 0.265. The van der Waals surface area contributed by atoms with Crippen molar-refractivity contribution in [3.8, 4) is 11.1 Å². The molecule has 0 bridgehead atoms. The molecule has 1 aromatic heterocycles. The number of rotatable bonds is 11. The molecule has 1 amide bonds. The van der Waals surface area contributed by atoms with E-state index in [1.54, 1.807) is 75.4 Å². The number of hydrogen-bond donors (Lipinski definition) is 1. The normalized spacial score (nSPS) is 12.6. The summed E-state index contributed by atoms with van der Waals surface area (Å²) < 4.78 is 35.0. The topological polar surface area (TPSA) is 73.2 Å². The number of hydrogen-bond acceptors (Lipinski definition) is 5. The van der Waals surface area contributed by atoms with Crippen LogP contribution in [0.5, 0.6) is 0 Å². The van der Waals surface area contributed by atoms with Crippen molar-refractivity contribution in [1.29, 1.82) is 0 Å². The van der Waals surface area contributed by atoms with Crippen LogP contribution in [0.1, 0.15) is 48.7 Å². The predicted octanol–water partition coefficient (Wildman–Crippen LogP) is 7.26. The van der Waals surface area contributed by atoms with Gasteiger partial charge in [-0.1, -0.05) is 30.3 Å². The van der Waals surface area contributed by atoms with Crippen molar-refractivity contribution in [2.75, 3.05) is 12.0 Å². The Labute approximate surface area is 255 Å². The Morgan fingerprint density at radius 3 is 2.30 bits per heavy atom. The lowest BCUT2D eigenvalue weighted by Crippen LogP contribution is -2.44. The van der Waals surface area contributed by atoms with E-state index < -0.39 is 29.3 Å². The van der Waals surface area contributed by atoms with Crippen LogP contribution >= 0.6 is 11.8 Å². The average Bonchev–Trinajstić information content (AvgIpc) is 3.48. The van der Waals surface area contributed by atoms with Crippen LogP contribution in [0.25, 0.3) is 22.8 Å². The number of allylic oxidation sites excluding steroid dienone is 1. The van der Waals surface area contributed by atoms with Gasteiger partial charge in [-0.25, -0.2) is 18.6 Å². The molecule has 0 aliphatic carbocycles. The number of nitrogens with zero attached hydrogens (tertiary/aromatic N) is 2. The molecule has 6 nitrogen and oxygen atoms in total. The number of esters is 1. The first-order valence-corrected chi connectivity index (χ1v) is 15.3. The third-order valence-corrected chi connectivity index (χ3v) is 7.16. The average molecular weight is 604 g/mol. The van der Waals surface area contributed by atoms with Gasteiger partial charge in [0, 0.05) is 24.5 Å². The minimum absolute atomic E-state index is 0.332. The second-order valence-electron chi connectivity index (χ2n) is 11.1. The largest absolute Gasteiger partial charge is 0.458 e. The molecule has 1 atom stereocenters. The number of amides is 1. The first-order chi connectivity index (χ1) is 20.5. The number of nitrogens with one attached hydrogen (secondary N) is 1. The van der Waals surface area contributed by atoms with Crippen molar-refractivity contribution >= 4 is 35.3 Å². The van der Waals surface area contributed by atoms with Crippen LogP contribution in [0.3, 0.4) is 0 Å². The highest BCUT2D eigenvalue weighted by atomic mass is 32.2. The summed E-state index contributed by atoms with van der Waals surface area (Å²) in [7, 11) is 0. The molecule has 3 aromatic carbocycles. The van der Waals surface area contributed by atoms with Gasteiger partial charge in [0.05, 0.1) is 6.33 Å². The van der Waals surface area contributed by atoms with E-state index in [1.807, 2.05) is 35.2 Å². The zero-order valence-corrected chi connectivity index (χ0v) is 25.5. The summed E-state index contributed by atoms with van der Waals surface area (Å²) in [6.07, 6.45) is 9.53. The van der Waals surface area contributed by atoms with E-state index in [9.17, 15) is 18.4 Å². The Morgan fingerprint density at radius 2 is 1.70 bits per heavy atom. The lowest BCUT2D eigenvalue weighted by atomic mass is 9.94. The van der Waals surface area contributed by atoms with Gasteiger partial charge in [0.1, 0.15) is 23.3 Å². The summed E-state index contributed by atoms with van der Waals surface area (Å²) in [4.78, 5) is 30.8. The number of imidazole rings is 1. The summed E-state index contributed by atoms with van der Waals surface area (Å²) in [6, 6.07) is 16.7. The molecule has 0 radical (unpaired) electrons. The Hall–Kier alpha value is -4.24. The molecule has 1 heterocycles. The van der Waals surface area contributed by atoms with Crippen LogP contribution in [0, 0.1) is 11.6 Å². The van der Waals surface area contributed by atoms with Crippen LogP contribution in [-0.4, -0.2) is 45.1 Å². The predicted molar refractivity (Wildman–Crippen MR) is 168 cm³/mol. The number of aromatic nitrogens is 2. The van der Waals surface area contributed by atoms with E-state index in [0.717, 1.165) is 16.7 Å². The number of carbonyl (C=O) groups excluding carboxylic acids is 2. The van der Waals surface area contributed by atoms with Gasteiger partial charge in [-0.2, -0.15) is 11.8 Å². The van der Waals surface area contributed by atoms with Gasteiger partial charge in [-0.05, 0) is 110 Å². The van der Waals surface area contributed by atoms with E-state index >= 15 is 0 Å². The number of thioether (sulfide) groups is 1. The van der Waals surface area contributed by atoms with Crippen molar-refractivity contribution in [2.24, 2.45) is 0 Å². The Morgan fingerprint density at radius 1 is 1.02 bits per heavy atom. The molecule has 0 spiro atoms. The van der Waals surface area contributed by atoms with Crippen molar-refractivity contribution in [3.63, 3.8) is 0 Å². The molecule has 43 heavy (non-hydrogen) atoms. The highest BCUT2D eigenvalue weighted by Gasteiger charge is 2.27. The van der Waals surface area contributed by atoms with Gasteiger partial charge in [-0.15, -0.1) is 0 Å². The fourth-order valence-corrected chi connectivity index (χ4v) is 4.95. The van der Waals surface area contributed by atoms with E-state index in [0.29, 0.717) is 35.4 Å². The molecular formula is C34H35F2N3O3S. The van der Waals surface area contributed by atoms with E-state index in [2.05, 4.69) is 10.3 Å². The quantitative estimate of drug-likeness (QED) is 0.144. The zero-order valence-electron chi connectivity index (χ0n) is 24.6. The van der Waals surface area contributed by atoms with E-state index in [1.165, 1.54) is 24.3 Å². The summed E-state index contributed by atoms with van der Waals surface area (Å²) in [6.45, 7) is 5.82. The van der Waals surface area contributed by atoms with E-state index in [4.69, 9.17) is 4.74 Å². The maximum Gasteiger partial charge on any atom is 0.329 e. The number of benzene rings is 3. The second-order valence-corrected chi connectivity index (χ2v) is 12.0. The van der Waals surface area contributed by atoms with Gasteiger partial charge < -0.3 is 14.6 Å². The molecule has 224 valence electrons. The standard InChI is InChI=1S/C34H35F2N3O3S/c1-34(2,3)42-33(41)31(15-18-43-4)38-32(40)29-14-5-23(20-30(29)25-8-12-28(36)13-9-25)19-26(21-39-17-16-37-22-39)24-6-10-27(35)11-7-24/h5-14,16-17,19-20,22,31H,15,18,21H2,1-4H3,(H,38,40)/t31-/m0/s1. The van der Waals surface area contributed by atoms with Crippen LogP contribution in [0.2, 0.25) is 0 Å². The number of ether oxygens (including phenoxy) is 1. The Balaban J connectivity index is 1.74. The molecular weight excluding hydrogens is 568 g/mol. The Bertz CT molecular complexity index is 1560. The van der Waals surface area contributed by atoms with Crippen molar-refractivity contribution in [3.05, 3.63) is 114 Å². The lowest BCUT2D eigenvalue weighted by Gasteiger charge is -2.25. The van der Waals surface area contributed by atoms with Gasteiger partial charge in [0.25, 0.3) is 5.91 Å². The fourth-order valence-electron chi connectivity index (χ4n) is 4.47. The zero-order chi connectivity index (χ0) is 31.0. The minimum atomic E-state index is -0.833. The molecule has 4 rings (SSSR count). The first kappa shape index (κ1) is 31.7. The molecule has 1 N–H and O–H groups in total. The maximum atomic E-state index is 13.8. The second kappa shape index (κ2) is 14.3. The molecule has 4 aromatic rings. The smallest absolute Gasteiger partial charge is 0.329 e. The van der Waals surface area contributed by atoms with Gasteiger partial charge in [-0.3, -0.25) is 4.79 Å². The van der Waals surface area contributed by atoms with Crippen molar-refractivity contribution in [1.82, 2.24) is 14.9 Å². The van der Waals surface area contributed by atoms with Crippen molar-refractivity contribution in [2.45, 2.75) is 45.4 Å². The van der Waals surface area contributed by atoms with Crippen LogP contribution < -0.4 is 5.32 Å². The monoisotopic (exact) mass is 603 g/mol. The number of carbonyl (C=O) groups is 2. The van der Waals surface area contributed by atoms with Gasteiger partial charge >= 0.3 is 5.97 Å². The maximum absolute atomic E-state index is 13.8. The molecule has 9 heteroatoms. The molecule has 0 aliphatic heterocycles. The highest BCUT2D eigenvalue weighted by molar-refractivity contribution is 7.98. The van der Waals surface area contributed by atoms with Crippen LogP contribution in [0.4, 0.5) is 8.78 Å². The minimum Gasteiger partial charge on any atom is -0.458 e. The van der Waals surface area contributed by atoms with Crippen LogP contribution in [-0.2, 0) is 16.1 Å². The lowest BCUT2D eigenvalue weighted by molar-refractivity contribution is -0.157. The van der Waals surface area contributed by atoms with E-state index in [-0.39, 0.29) is 5.82 Å². The Kier molecular flexibility index (Phi) is 10.5. The highest BCUT2D eigenvalue weighted by Crippen LogP contribution is 2.29. The third kappa shape index (κ3) is 9.12. The summed E-state index contributed by atoms with van der Waals surface area (Å²) in [5.74, 6) is -1.01. The number of halogens is 2. The molecule has 0 unspecified atom stereocenters. The van der Waals surface area contributed by atoms with Gasteiger partial charge in [0.15, 0.2) is 0 Å². The SMILES string of the molecule is CSCC[C@H](NC(=O)c1ccc(C=C(Cn2ccnc2)c2ccc(F)cc2)cc1-c1ccc(F)cc1)C(=O)OC(C)(C)C. The summed E-state index contributed by atoms with van der Waals surface area (Å²) in [5, 5.41) is 2.87. The van der Waals surface area contributed by atoms with Crippen molar-refractivity contribution < 1.29 is 23.1 Å². The van der Waals surface area contributed by atoms with Gasteiger partial charge in [0.2, 0.25) is 0 Å². The molecule has 0 aliphatic rings. The summed E-state index contributed by atoms with van der Waals surface area (Å²) in [5.41, 5.74) is 3.33. The third-order valence-electron chi connectivity index (χ3n) is 6.52. The van der Waals surface area contributed by atoms with Crippen LogP contribution in [0.15, 0.2) is 85.5 Å². The molecule has 0 saturated heterocycles. The molecule has 0 saturated carbocycles. The molecule has 0 fully saturated rings. The first-order valence-electron chi connectivity index (χ1n) is 13.9.